The van der Waals surface area contributed by atoms with E-state index in [-0.39, 0.29) is 17.4 Å². The number of anilines is 1. The second kappa shape index (κ2) is 9.43. The number of carbonyl (C=O) groups is 2. The molecule has 1 unspecified atom stereocenters. The Morgan fingerprint density at radius 3 is 2.24 bits per heavy atom. The molecule has 1 heterocycles. The van der Waals surface area contributed by atoms with E-state index in [1.807, 2.05) is 45.0 Å². The van der Waals surface area contributed by atoms with Crippen LogP contribution >= 0.6 is 0 Å². The zero-order valence-electron chi connectivity index (χ0n) is 19.6. The second-order valence-corrected chi connectivity index (χ2v) is 8.47. The third-order valence-electron chi connectivity index (χ3n) is 5.67. The zero-order valence-corrected chi connectivity index (χ0v) is 19.6. The lowest BCUT2D eigenvalue weighted by atomic mass is 9.95. The molecule has 0 bridgehead atoms. The molecule has 0 spiro atoms. The number of rotatable bonds is 6. The number of benzene rings is 3. The molecule has 6 nitrogen and oxygen atoms in total. The molecule has 1 fully saturated rings. The lowest BCUT2D eigenvalue weighted by molar-refractivity contribution is -0.132. The van der Waals surface area contributed by atoms with E-state index in [1.54, 1.807) is 48.5 Å². The average Bonchev–Trinajstić information content (AvgIpc) is 3.09. The van der Waals surface area contributed by atoms with Crippen LogP contribution in [0, 0.1) is 6.92 Å². The molecule has 0 saturated carbocycles. The molecule has 3 aromatic rings. The third-order valence-corrected chi connectivity index (χ3v) is 5.67. The molecular formula is C28H27NO5. The number of aliphatic hydroxyl groups is 1. The second-order valence-electron chi connectivity index (χ2n) is 8.47. The largest absolute Gasteiger partial charge is 0.507 e. The van der Waals surface area contributed by atoms with Gasteiger partial charge in [-0.15, -0.1) is 0 Å². The summed E-state index contributed by atoms with van der Waals surface area (Å²) in [5.41, 5.74) is 2.70. The topological polar surface area (TPSA) is 76.1 Å². The summed E-state index contributed by atoms with van der Waals surface area (Å²) in [4.78, 5) is 27.9. The number of Topliss-reactive ketones (excluding diaryl/α,β-unsaturated/α-hetero) is 1. The Morgan fingerprint density at radius 2 is 1.62 bits per heavy atom. The molecule has 1 atom stereocenters. The summed E-state index contributed by atoms with van der Waals surface area (Å²) < 4.78 is 11.1. The van der Waals surface area contributed by atoms with Gasteiger partial charge >= 0.3 is 0 Å². The van der Waals surface area contributed by atoms with Crippen molar-refractivity contribution in [2.45, 2.75) is 32.9 Å². The first-order valence-electron chi connectivity index (χ1n) is 11.1. The van der Waals surface area contributed by atoms with Crippen LogP contribution in [-0.2, 0) is 9.59 Å². The maximum Gasteiger partial charge on any atom is 0.300 e. The Morgan fingerprint density at radius 1 is 0.941 bits per heavy atom. The Balaban J connectivity index is 1.89. The molecule has 0 radical (unpaired) electrons. The number of carbonyl (C=O) groups excluding carboxylic acids is 2. The number of methoxy groups -OCH3 is 1. The molecule has 3 aromatic carbocycles. The van der Waals surface area contributed by atoms with Crippen molar-refractivity contribution in [1.82, 2.24) is 0 Å². The van der Waals surface area contributed by atoms with Crippen molar-refractivity contribution >= 4 is 23.1 Å². The van der Waals surface area contributed by atoms with Crippen molar-refractivity contribution in [1.29, 1.82) is 0 Å². The van der Waals surface area contributed by atoms with Crippen LogP contribution in [0.4, 0.5) is 5.69 Å². The van der Waals surface area contributed by atoms with Gasteiger partial charge in [0, 0.05) is 17.3 Å². The van der Waals surface area contributed by atoms with Gasteiger partial charge < -0.3 is 14.6 Å². The first-order valence-corrected chi connectivity index (χ1v) is 11.1. The third kappa shape index (κ3) is 4.39. The van der Waals surface area contributed by atoms with Gasteiger partial charge in [0.05, 0.1) is 24.8 Å². The Labute approximate surface area is 199 Å². The summed E-state index contributed by atoms with van der Waals surface area (Å²) in [5, 5.41) is 11.2. The number of ether oxygens (including phenoxy) is 2. The fraction of sp³-hybridized carbons (Fsp3) is 0.214. The van der Waals surface area contributed by atoms with E-state index in [9.17, 15) is 14.7 Å². The normalized spacial score (nSPS) is 17.3. The quantitative estimate of drug-likeness (QED) is 0.304. The van der Waals surface area contributed by atoms with E-state index in [0.717, 1.165) is 5.56 Å². The summed E-state index contributed by atoms with van der Waals surface area (Å²) >= 11 is 0. The average molecular weight is 458 g/mol. The van der Waals surface area contributed by atoms with Crippen molar-refractivity contribution in [3.8, 4) is 11.5 Å². The molecule has 0 aromatic heterocycles. The van der Waals surface area contributed by atoms with E-state index in [4.69, 9.17) is 9.47 Å². The first kappa shape index (κ1) is 23.1. The molecule has 1 amide bonds. The monoisotopic (exact) mass is 457 g/mol. The van der Waals surface area contributed by atoms with E-state index >= 15 is 0 Å². The smallest absolute Gasteiger partial charge is 0.300 e. The highest BCUT2D eigenvalue weighted by Crippen LogP contribution is 2.43. The number of amides is 1. The molecule has 4 rings (SSSR count). The van der Waals surface area contributed by atoms with E-state index in [2.05, 4.69) is 0 Å². The standard InChI is InChI=1S/C28H27NO5/c1-17(2)34-22-14-12-19(13-15-22)25-24(26(30)20-10-8-18(3)9-11-20)27(31)28(32)29(25)21-6-5-7-23(16-21)33-4/h5-17,25,30H,1-4H3/b26-24+. The van der Waals surface area contributed by atoms with Gasteiger partial charge in [-0.2, -0.15) is 0 Å². The highest BCUT2D eigenvalue weighted by Gasteiger charge is 2.47. The highest BCUT2D eigenvalue weighted by molar-refractivity contribution is 6.51. The number of aryl methyl sites for hydroxylation is 1. The lowest BCUT2D eigenvalue weighted by Crippen LogP contribution is -2.29. The van der Waals surface area contributed by atoms with Crippen LogP contribution in [0.2, 0.25) is 0 Å². The predicted molar refractivity (Wildman–Crippen MR) is 131 cm³/mol. The van der Waals surface area contributed by atoms with Crippen LogP contribution in [0.5, 0.6) is 11.5 Å². The summed E-state index contributed by atoms with van der Waals surface area (Å²) in [6.45, 7) is 5.81. The maximum absolute atomic E-state index is 13.3. The fourth-order valence-corrected chi connectivity index (χ4v) is 4.04. The molecule has 1 N–H and O–H groups in total. The van der Waals surface area contributed by atoms with Gasteiger partial charge in [-0.3, -0.25) is 14.5 Å². The van der Waals surface area contributed by atoms with Crippen molar-refractivity contribution < 1.29 is 24.2 Å². The van der Waals surface area contributed by atoms with Gasteiger partial charge in [0.1, 0.15) is 17.3 Å². The number of hydrogen-bond acceptors (Lipinski definition) is 5. The minimum absolute atomic E-state index is 0.00908. The SMILES string of the molecule is COc1cccc(N2C(=O)C(=O)/C(=C(/O)c3ccc(C)cc3)C2c2ccc(OC(C)C)cc2)c1. The minimum atomic E-state index is -0.818. The van der Waals surface area contributed by atoms with E-state index in [0.29, 0.717) is 28.3 Å². The van der Waals surface area contributed by atoms with Crippen LogP contribution in [0.15, 0.2) is 78.4 Å². The van der Waals surface area contributed by atoms with Gasteiger partial charge in [-0.1, -0.05) is 48.0 Å². The molecule has 0 aliphatic carbocycles. The van der Waals surface area contributed by atoms with Gasteiger partial charge in [-0.05, 0) is 50.6 Å². The van der Waals surface area contributed by atoms with Gasteiger partial charge in [-0.25, -0.2) is 0 Å². The van der Waals surface area contributed by atoms with Crippen LogP contribution in [0.1, 0.15) is 36.6 Å². The number of aliphatic hydroxyl groups excluding tert-OH is 1. The summed E-state index contributed by atoms with van der Waals surface area (Å²) in [6, 6.07) is 20.5. The Bertz CT molecular complexity index is 1240. The first-order chi connectivity index (χ1) is 16.3. The van der Waals surface area contributed by atoms with E-state index in [1.165, 1.54) is 12.0 Å². The van der Waals surface area contributed by atoms with Crippen LogP contribution in [0.25, 0.3) is 5.76 Å². The lowest BCUT2D eigenvalue weighted by Gasteiger charge is -2.26. The maximum atomic E-state index is 13.3. The molecule has 174 valence electrons. The van der Waals surface area contributed by atoms with Crippen molar-refractivity contribution in [3.63, 3.8) is 0 Å². The molecule has 1 aliphatic rings. The summed E-state index contributed by atoms with van der Waals surface area (Å²) in [6.07, 6.45) is 0.00908. The highest BCUT2D eigenvalue weighted by atomic mass is 16.5. The van der Waals surface area contributed by atoms with Gasteiger partial charge in [0.25, 0.3) is 11.7 Å². The van der Waals surface area contributed by atoms with Gasteiger partial charge in [0.15, 0.2) is 0 Å². The number of hydrogen-bond donors (Lipinski definition) is 1. The van der Waals surface area contributed by atoms with Crippen molar-refractivity contribution in [3.05, 3.63) is 95.1 Å². The predicted octanol–water partition coefficient (Wildman–Crippen LogP) is 5.42. The summed E-state index contributed by atoms with van der Waals surface area (Å²) in [5.74, 6) is -0.438. The summed E-state index contributed by atoms with van der Waals surface area (Å²) in [7, 11) is 1.54. The van der Waals surface area contributed by atoms with Crippen LogP contribution in [0.3, 0.4) is 0 Å². The number of ketones is 1. The Hall–Kier alpha value is -4.06. The number of nitrogens with zero attached hydrogens (tertiary/aromatic N) is 1. The van der Waals surface area contributed by atoms with Crippen molar-refractivity contribution in [2.75, 3.05) is 12.0 Å². The van der Waals surface area contributed by atoms with Crippen LogP contribution in [-0.4, -0.2) is 30.0 Å². The fourth-order valence-electron chi connectivity index (χ4n) is 4.04. The molecule has 34 heavy (non-hydrogen) atoms. The van der Waals surface area contributed by atoms with Crippen LogP contribution < -0.4 is 14.4 Å². The molecule has 1 aliphatic heterocycles. The van der Waals surface area contributed by atoms with Crippen molar-refractivity contribution in [2.24, 2.45) is 0 Å². The van der Waals surface area contributed by atoms with E-state index < -0.39 is 17.7 Å². The Kier molecular flexibility index (Phi) is 6.41. The minimum Gasteiger partial charge on any atom is -0.507 e. The molecule has 1 saturated heterocycles. The van der Waals surface area contributed by atoms with Gasteiger partial charge in [0.2, 0.25) is 0 Å². The molecular weight excluding hydrogens is 430 g/mol. The zero-order chi connectivity index (χ0) is 24.4. The molecule has 6 heteroatoms.